The number of likely N-dealkylation sites (tertiary alicyclic amines) is 1. The van der Waals surface area contributed by atoms with Crippen molar-refractivity contribution in [3.8, 4) is 5.75 Å². The third-order valence-electron chi connectivity index (χ3n) is 5.12. The van der Waals surface area contributed by atoms with Crippen LogP contribution in [0.5, 0.6) is 5.75 Å². The number of carbonyl (C=O) groups is 1. The molecule has 0 saturated carbocycles. The average molecular weight is 383 g/mol. The van der Waals surface area contributed by atoms with Crippen molar-refractivity contribution in [2.24, 2.45) is 5.73 Å². The summed E-state index contributed by atoms with van der Waals surface area (Å²) in [4.78, 5) is 14.3. The molecule has 1 fully saturated rings. The van der Waals surface area contributed by atoms with Gasteiger partial charge in [0.25, 0.3) is 0 Å². The number of nitrogens with zero attached hydrogens (tertiary/aromatic N) is 1. The van der Waals surface area contributed by atoms with E-state index in [4.69, 9.17) is 10.5 Å². The van der Waals surface area contributed by atoms with E-state index in [1.54, 1.807) is 7.11 Å². The summed E-state index contributed by atoms with van der Waals surface area (Å²) in [5, 5.41) is 6.58. The molecule has 6 nitrogen and oxygen atoms in total. The summed E-state index contributed by atoms with van der Waals surface area (Å²) in [5.41, 5.74) is 9.01. The Kier molecular flexibility index (Phi) is 7.14. The van der Waals surface area contributed by atoms with Gasteiger partial charge in [-0.15, -0.1) is 0 Å². The van der Waals surface area contributed by atoms with Crippen LogP contribution < -0.4 is 21.1 Å². The van der Waals surface area contributed by atoms with E-state index in [1.165, 1.54) is 5.56 Å². The first-order valence-electron chi connectivity index (χ1n) is 9.89. The number of nitrogens with one attached hydrogen (secondary N) is 2. The normalized spacial score (nSPS) is 14.6. The quantitative estimate of drug-likeness (QED) is 0.688. The summed E-state index contributed by atoms with van der Waals surface area (Å²) in [7, 11) is 1.64. The number of piperidine rings is 1. The molecule has 1 aliphatic heterocycles. The lowest BCUT2D eigenvalue weighted by Crippen LogP contribution is -2.46. The van der Waals surface area contributed by atoms with Crippen LogP contribution in [0.3, 0.4) is 0 Å². The topological polar surface area (TPSA) is 79.6 Å². The Hall–Kier alpha value is -2.73. The zero-order valence-electron chi connectivity index (χ0n) is 16.5. The summed E-state index contributed by atoms with van der Waals surface area (Å²) in [6.07, 6.45) is 2.79. The fourth-order valence-corrected chi connectivity index (χ4v) is 3.47. The molecule has 0 bridgehead atoms. The van der Waals surface area contributed by atoms with Gasteiger partial charge >= 0.3 is 6.03 Å². The minimum Gasteiger partial charge on any atom is -0.497 e. The third-order valence-corrected chi connectivity index (χ3v) is 5.12. The minimum atomic E-state index is -0.00703. The lowest BCUT2D eigenvalue weighted by Gasteiger charge is -2.33. The molecule has 1 heterocycles. The molecule has 150 valence electrons. The highest BCUT2D eigenvalue weighted by Gasteiger charge is 2.22. The first-order valence-corrected chi connectivity index (χ1v) is 9.89. The van der Waals surface area contributed by atoms with Gasteiger partial charge < -0.3 is 26.0 Å². The molecule has 28 heavy (non-hydrogen) atoms. The minimum absolute atomic E-state index is 0.00703. The highest BCUT2D eigenvalue weighted by molar-refractivity contribution is 5.74. The van der Waals surface area contributed by atoms with E-state index < -0.39 is 0 Å². The lowest BCUT2D eigenvalue weighted by atomic mass is 10.0. The second kappa shape index (κ2) is 9.99. The number of benzene rings is 2. The summed E-state index contributed by atoms with van der Waals surface area (Å²) in [6, 6.07) is 16.6. The van der Waals surface area contributed by atoms with Gasteiger partial charge in [0.1, 0.15) is 5.75 Å². The summed E-state index contributed by atoms with van der Waals surface area (Å²) < 4.78 is 5.22. The summed E-state index contributed by atoms with van der Waals surface area (Å²) >= 11 is 0. The number of methoxy groups -OCH3 is 1. The number of anilines is 1. The fraction of sp³-hybridized carbons (Fsp3) is 0.409. The zero-order chi connectivity index (χ0) is 19.8. The molecule has 2 aromatic rings. The second-order valence-electron chi connectivity index (χ2n) is 7.15. The van der Waals surface area contributed by atoms with Gasteiger partial charge in [-0.2, -0.15) is 0 Å². The molecule has 0 aromatic heterocycles. The largest absolute Gasteiger partial charge is 0.497 e. The van der Waals surface area contributed by atoms with E-state index in [9.17, 15) is 4.79 Å². The van der Waals surface area contributed by atoms with Crippen molar-refractivity contribution in [3.05, 3.63) is 59.7 Å². The van der Waals surface area contributed by atoms with Crippen molar-refractivity contribution in [3.63, 3.8) is 0 Å². The molecule has 1 aliphatic rings. The monoisotopic (exact) mass is 382 g/mol. The van der Waals surface area contributed by atoms with Crippen molar-refractivity contribution >= 4 is 11.7 Å². The van der Waals surface area contributed by atoms with Crippen molar-refractivity contribution in [2.75, 3.05) is 32.1 Å². The van der Waals surface area contributed by atoms with Crippen LogP contribution in [0.1, 0.15) is 24.0 Å². The Morgan fingerprint density at radius 2 is 1.89 bits per heavy atom. The van der Waals surface area contributed by atoms with Crippen LogP contribution in [-0.4, -0.2) is 43.7 Å². The maximum Gasteiger partial charge on any atom is 0.317 e. The first-order chi connectivity index (χ1) is 13.7. The van der Waals surface area contributed by atoms with Crippen molar-refractivity contribution in [2.45, 2.75) is 31.8 Å². The zero-order valence-corrected chi connectivity index (χ0v) is 16.5. The van der Waals surface area contributed by atoms with Crippen LogP contribution in [0.2, 0.25) is 0 Å². The van der Waals surface area contributed by atoms with Crippen LogP contribution in [0.4, 0.5) is 10.5 Å². The van der Waals surface area contributed by atoms with E-state index in [1.807, 2.05) is 29.2 Å². The Bertz CT molecular complexity index is 755. The maximum atomic E-state index is 12.4. The molecular weight excluding hydrogens is 352 g/mol. The molecule has 0 atom stereocenters. The van der Waals surface area contributed by atoms with Crippen molar-refractivity contribution in [1.82, 2.24) is 10.2 Å². The van der Waals surface area contributed by atoms with E-state index in [2.05, 4.69) is 34.9 Å². The van der Waals surface area contributed by atoms with Gasteiger partial charge in [0.15, 0.2) is 0 Å². The molecule has 1 saturated heterocycles. The van der Waals surface area contributed by atoms with Crippen LogP contribution in [-0.2, 0) is 13.0 Å². The van der Waals surface area contributed by atoms with E-state index in [-0.39, 0.29) is 6.03 Å². The Labute approximate surface area is 167 Å². The molecule has 6 heteroatoms. The number of hydrogen-bond acceptors (Lipinski definition) is 4. The summed E-state index contributed by atoms with van der Waals surface area (Å²) in [6.45, 7) is 2.69. The fourth-order valence-electron chi connectivity index (χ4n) is 3.47. The molecule has 0 radical (unpaired) electrons. The molecular formula is C22H30N4O2. The highest BCUT2D eigenvalue weighted by atomic mass is 16.5. The van der Waals surface area contributed by atoms with Crippen molar-refractivity contribution < 1.29 is 9.53 Å². The van der Waals surface area contributed by atoms with Crippen LogP contribution in [0.15, 0.2) is 48.5 Å². The first kappa shape index (κ1) is 20.0. The number of urea groups is 1. The highest BCUT2D eigenvalue weighted by Crippen LogP contribution is 2.18. The van der Waals surface area contributed by atoms with Crippen molar-refractivity contribution in [1.29, 1.82) is 0 Å². The summed E-state index contributed by atoms with van der Waals surface area (Å²) in [5.74, 6) is 0.801. The number of rotatable bonds is 7. The van der Waals surface area contributed by atoms with Gasteiger partial charge in [-0.25, -0.2) is 4.79 Å². The van der Waals surface area contributed by atoms with Gasteiger partial charge in [0.05, 0.1) is 7.11 Å². The SMILES string of the molecule is COc1cccc(CNC(=O)N2CCC(Nc3ccc(CCN)cc3)CC2)c1. The Morgan fingerprint density at radius 3 is 2.57 bits per heavy atom. The smallest absolute Gasteiger partial charge is 0.317 e. The molecule has 0 aliphatic carbocycles. The Balaban J connectivity index is 1.42. The number of nitrogens with two attached hydrogens (primary N) is 1. The van der Waals surface area contributed by atoms with Crippen LogP contribution in [0, 0.1) is 0 Å². The number of carbonyl (C=O) groups excluding carboxylic acids is 1. The predicted molar refractivity (Wildman–Crippen MR) is 113 cm³/mol. The van der Waals surface area contributed by atoms with Crippen LogP contribution in [0.25, 0.3) is 0 Å². The Morgan fingerprint density at radius 1 is 1.14 bits per heavy atom. The lowest BCUT2D eigenvalue weighted by molar-refractivity contribution is 0.183. The van der Waals surface area contributed by atoms with E-state index >= 15 is 0 Å². The molecule has 3 rings (SSSR count). The number of amides is 2. The number of hydrogen-bond donors (Lipinski definition) is 3. The maximum absolute atomic E-state index is 12.4. The second-order valence-corrected chi connectivity index (χ2v) is 7.15. The average Bonchev–Trinajstić information content (AvgIpc) is 2.74. The van der Waals surface area contributed by atoms with E-state index in [0.717, 1.165) is 49.4 Å². The standard InChI is InChI=1S/C22H30N4O2/c1-28-21-4-2-3-18(15-21)16-24-22(27)26-13-10-20(11-14-26)25-19-7-5-17(6-8-19)9-12-23/h2-8,15,20,25H,9-14,16,23H2,1H3,(H,24,27). The van der Waals surface area contributed by atoms with Gasteiger partial charge in [0, 0.05) is 31.4 Å². The molecule has 0 unspecified atom stereocenters. The van der Waals surface area contributed by atoms with Gasteiger partial charge in [0.2, 0.25) is 0 Å². The molecule has 2 amide bonds. The molecule has 0 spiro atoms. The van der Waals surface area contributed by atoms with Crippen LogP contribution >= 0.6 is 0 Å². The molecule has 2 aromatic carbocycles. The van der Waals surface area contributed by atoms with Gasteiger partial charge in [-0.05, 0) is 61.2 Å². The van der Waals surface area contributed by atoms with Gasteiger partial charge in [-0.1, -0.05) is 24.3 Å². The van der Waals surface area contributed by atoms with E-state index in [0.29, 0.717) is 19.1 Å². The third kappa shape index (κ3) is 5.63. The number of ether oxygens (including phenoxy) is 1. The predicted octanol–water partition coefficient (Wildman–Crippen LogP) is 2.98. The molecule has 4 N–H and O–H groups in total. The van der Waals surface area contributed by atoms with Gasteiger partial charge in [-0.3, -0.25) is 0 Å².